The molecule has 0 unspecified atom stereocenters. The summed E-state index contributed by atoms with van der Waals surface area (Å²) in [6, 6.07) is 5.81. The summed E-state index contributed by atoms with van der Waals surface area (Å²) in [6.07, 6.45) is 0.215. The maximum Gasteiger partial charge on any atom is 0.136 e. The molecule has 0 spiro atoms. The largest absolute Gasteiger partial charge is 0.350 e. The highest BCUT2D eigenvalue weighted by atomic mass is 32.1. The van der Waals surface area contributed by atoms with Crippen LogP contribution >= 0.6 is 12.2 Å². The minimum atomic E-state index is -0.298. The predicted molar refractivity (Wildman–Crippen MR) is 57.9 cm³/mol. The van der Waals surface area contributed by atoms with E-state index < -0.39 is 0 Å². The molecule has 1 aromatic carbocycles. The van der Waals surface area contributed by atoms with Crippen LogP contribution in [0.3, 0.4) is 0 Å². The molecule has 14 heavy (non-hydrogen) atoms. The summed E-state index contributed by atoms with van der Waals surface area (Å²) in [5.41, 5.74) is 0.692. The van der Waals surface area contributed by atoms with Crippen molar-refractivity contribution in [3.05, 3.63) is 30.1 Å². The van der Waals surface area contributed by atoms with Crippen molar-refractivity contribution in [3.8, 4) is 0 Å². The quantitative estimate of drug-likeness (QED) is 0.779. The maximum absolute atomic E-state index is 12.5. The first-order chi connectivity index (χ1) is 6.58. The Kier molecular flexibility index (Phi) is 3.71. The van der Waals surface area contributed by atoms with Crippen LogP contribution in [-0.4, -0.2) is 10.8 Å². The molecule has 0 saturated carbocycles. The number of hydrogen-bond donors (Lipinski definition) is 1. The minimum Gasteiger partial charge on any atom is -0.350 e. The van der Waals surface area contributed by atoms with E-state index in [9.17, 15) is 9.18 Å². The Bertz CT molecular complexity index is 348. The van der Waals surface area contributed by atoms with Gasteiger partial charge in [0, 0.05) is 5.69 Å². The van der Waals surface area contributed by atoms with Crippen molar-refractivity contribution in [1.82, 2.24) is 0 Å². The van der Waals surface area contributed by atoms with E-state index in [-0.39, 0.29) is 18.0 Å². The van der Waals surface area contributed by atoms with Crippen LogP contribution in [0.5, 0.6) is 0 Å². The van der Waals surface area contributed by atoms with Crippen LogP contribution in [0.4, 0.5) is 10.1 Å². The average Bonchev–Trinajstić information content (AvgIpc) is 2.07. The van der Waals surface area contributed by atoms with Crippen molar-refractivity contribution in [1.29, 1.82) is 0 Å². The molecule has 0 saturated heterocycles. The number of benzene rings is 1. The highest BCUT2D eigenvalue weighted by Crippen LogP contribution is 2.08. The van der Waals surface area contributed by atoms with Crippen LogP contribution < -0.4 is 5.32 Å². The van der Waals surface area contributed by atoms with Crippen molar-refractivity contribution in [3.63, 3.8) is 0 Å². The molecule has 0 bridgehead atoms. The molecule has 0 radical (unpaired) electrons. The van der Waals surface area contributed by atoms with Gasteiger partial charge in [-0.15, -0.1) is 0 Å². The summed E-state index contributed by atoms with van der Waals surface area (Å²) in [7, 11) is 0. The van der Waals surface area contributed by atoms with Crippen LogP contribution in [-0.2, 0) is 4.79 Å². The molecule has 0 fully saturated rings. The second-order valence-electron chi connectivity index (χ2n) is 2.93. The predicted octanol–water partition coefficient (Wildman–Crippen LogP) is 2.54. The highest BCUT2D eigenvalue weighted by molar-refractivity contribution is 7.80. The Morgan fingerprint density at radius 3 is 2.50 bits per heavy atom. The summed E-state index contributed by atoms with van der Waals surface area (Å²) in [6.45, 7) is 1.47. The van der Waals surface area contributed by atoms with Gasteiger partial charge in [0.05, 0.1) is 11.4 Å². The van der Waals surface area contributed by atoms with E-state index in [1.165, 1.54) is 19.1 Å². The molecule has 0 aliphatic carbocycles. The lowest BCUT2D eigenvalue weighted by Gasteiger charge is -2.05. The summed E-state index contributed by atoms with van der Waals surface area (Å²) < 4.78 is 12.5. The third-order valence-electron chi connectivity index (χ3n) is 1.54. The van der Waals surface area contributed by atoms with Gasteiger partial charge >= 0.3 is 0 Å². The first kappa shape index (κ1) is 10.8. The Balaban J connectivity index is 2.56. The fourth-order valence-electron chi connectivity index (χ4n) is 0.965. The fraction of sp³-hybridized carbons (Fsp3) is 0.200. The van der Waals surface area contributed by atoms with E-state index in [1.54, 1.807) is 12.1 Å². The zero-order chi connectivity index (χ0) is 10.6. The second kappa shape index (κ2) is 4.81. The summed E-state index contributed by atoms with van der Waals surface area (Å²) in [4.78, 5) is 11.2. The summed E-state index contributed by atoms with van der Waals surface area (Å²) in [5, 5.41) is 2.84. The van der Waals surface area contributed by atoms with Gasteiger partial charge in [-0.3, -0.25) is 4.79 Å². The number of Topliss-reactive ketones (excluding diaryl/α,β-unsaturated/α-hetero) is 1. The number of ketones is 1. The van der Waals surface area contributed by atoms with Gasteiger partial charge in [-0.05, 0) is 31.2 Å². The molecule has 1 aromatic rings. The van der Waals surface area contributed by atoms with E-state index in [0.717, 1.165) is 0 Å². The van der Waals surface area contributed by atoms with Gasteiger partial charge in [-0.2, -0.15) is 0 Å². The number of rotatable bonds is 3. The molecule has 0 aliphatic rings. The number of halogens is 1. The fourth-order valence-corrected chi connectivity index (χ4v) is 1.29. The number of carbonyl (C=O) groups is 1. The SMILES string of the molecule is CC(=O)CC(=S)Nc1ccc(F)cc1. The second-order valence-corrected chi connectivity index (χ2v) is 3.43. The standard InChI is InChI=1S/C10H10FNOS/c1-7(13)6-10(14)12-9-4-2-8(11)3-5-9/h2-5H,6H2,1H3,(H,12,14). The lowest BCUT2D eigenvalue weighted by atomic mass is 10.3. The smallest absolute Gasteiger partial charge is 0.136 e. The monoisotopic (exact) mass is 211 g/mol. The minimum absolute atomic E-state index is 0.00427. The van der Waals surface area contributed by atoms with E-state index in [0.29, 0.717) is 10.7 Å². The molecule has 1 rings (SSSR count). The van der Waals surface area contributed by atoms with Gasteiger partial charge in [-0.25, -0.2) is 4.39 Å². The lowest BCUT2D eigenvalue weighted by Crippen LogP contribution is -2.12. The number of hydrogen-bond acceptors (Lipinski definition) is 2. The van der Waals surface area contributed by atoms with Gasteiger partial charge in [0.1, 0.15) is 11.6 Å². The number of anilines is 1. The molecular weight excluding hydrogens is 201 g/mol. The Labute approximate surface area is 87.1 Å². The first-order valence-corrected chi connectivity index (χ1v) is 4.53. The van der Waals surface area contributed by atoms with Gasteiger partial charge in [0.25, 0.3) is 0 Å². The van der Waals surface area contributed by atoms with Gasteiger partial charge in [0.2, 0.25) is 0 Å². The van der Waals surface area contributed by atoms with Crippen LogP contribution in [0.15, 0.2) is 24.3 Å². The molecule has 0 heterocycles. The number of nitrogens with one attached hydrogen (secondary N) is 1. The molecule has 2 nitrogen and oxygen atoms in total. The number of carbonyl (C=O) groups excluding carboxylic acids is 1. The molecule has 0 amide bonds. The van der Waals surface area contributed by atoms with Gasteiger partial charge in [0.15, 0.2) is 0 Å². The van der Waals surface area contributed by atoms with Crippen molar-refractivity contribution >= 4 is 28.7 Å². The Morgan fingerprint density at radius 1 is 1.43 bits per heavy atom. The average molecular weight is 211 g/mol. The van der Waals surface area contributed by atoms with Gasteiger partial charge < -0.3 is 5.32 Å². The van der Waals surface area contributed by atoms with E-state index in [4.69, 9.17) is 12.2 Å². The van der Waals surface area contributed by atoms with E-state index in [2.05, 4.69) is 5.32 Å². The van der Waals surface area contributed by atoms with Crippen molar-refractivity contribution in [2.75, 3.05) is 5.32 Å². The molecule has 1 N–H and O–H groups in total. The number of thiocarbonyl (C=S) groups is 1. The van der Waals surface area contributed by atoms with Crippen LogP contribution in [0.1, 0.15) is 13.3 Å². The Morgan fingerprint density at radius 2 is 2.00 bits per heavy atom. The lowest BCUT2D eigenvalue weighted by molar-refractivity contribution is -0.115. The first-order valence-electron chi connectivity index (χ1n) is 4.13. The van der Waals surface area contributed by atoms with E-state index >= 15 is 0 Å². The van der Waals surface area contributed by atoms with Crippen LogP contribution in [0.2, 0.25) is 0 Å². The third kappa shape index (κ3) is 3.62. The molecular formula is C10H10FNOS. The summed E-state index contributed by atoms with van der Waals surface area (Å²) in [5.74, 6) is -0.294. The van der Waals surface area contributed by atoms with Crippen molar-refractivity contribution < 1.29 is 9.18 Å². The van der Waals surface area contributed by atoms with Crippen LogP contribution in [0.25, 0.3) is 0 Å². The van der Waals surface area contributed by atoms with Crippen LogP contribution in [0, 0.1) is 5.82 Å². The normalized spacial score (nSPS) is 9.57. The Hall–Kier alpha value is -1.29. The van der Waals surface area contributed by atoms with Crippen molar-refractivity contribution in [2.24, 2.45) is 0 Å². The maximum atomic E-state index is 12.5. The highest BCUT2D eigenvalue weighted by Gasteiger charge is 2.01. The molecule has 4 heteroatoms. The molecule has 0 aliphatic heterocycles. The zero-order valence-electron chi connectivity index (χ0n) is 7.71. The van der Waals surface area contributed by atoms with Crippen molar-refractivity contribution in [2.45, 2.75) is 13.3 Å². The van der Waals surface area contributed by atoms with E-state index in [1.807, 2.05) is 0 Å². The summed E-state index contributed by atoms with van der Waals surface area (Å²) >= 11 is 4.92. The zero-order valence-corrected chi connectivity index (χ0v) is 8.53. The molecule has 74 valence electrons. The molecule has 0 atom stereocenters. The van der Waals surface area contributed by atoms with Gasteiger partial charge in [-0.1, -0.05) is 12.2 Å². The molecule has 0 aromatic heterocycles. The third-order valence-corrected chi connectivity index (χ3v) is 1.78. The topological polar surface area (TPSA) is 29.1 Å².